The van der Waals surface area contributed by atoms with E-state index in [9.17, 15) is 13.6 Å². The van der Waals surface area contributed by atoms with Gasteiger partial charge in [-0.3, -0.25) is 0 Å². The largest absolute Gasteiger partial charge is 0.322 e. The lowest BCUT2D eigenvalue weighted by molar-refractivity contribution is 0.194. The van der Waals surface area contributed by atoms with E-state index in [1.54, 1.807) is 4.90 Å². The van der Waals surface area contributed by atoms with E-state index in [0.29, 0.717) is 11.3 Å². The van der Waals surface area contributed by atoms with Gasteiger partial charge in [-0.15, -0.1) is 0 Å². The SMILES string of the molecule is Cc1ccccc1NC(=O)N1Cc2ccccc2-n2cccc2C1c1cc(F)cc(F)c1. The van der Waals surface area contributed by atoms with Crippen LogP contribution in [0.2, 0.25) is 0 Å². The number of nitrogens with zero attached hydrogens (tertiary/aromatic N) is 2. The average Bonchev–Trinajstić information content (AvgIpc) is 3.18. The Morgan fingerprint density at radius 3 is 2.44 bits per heavy atom. The Bertz CT molecular complexity index is 1290. The maximum atomic E-state index is 14.2. The number of para-hydroxylation sites is 2. The molecule has 0 bridgehead atoms. The molecule has 2 heterocycles. The van der Waals surface area contributed by atoms with Gasteiger partial charge in [-0.1, -0.05) is 36.4 Å². The van der Waals surface area contributed by atoms with Gasteiger partial charge >= 0.3 is 6.03 Å². The first-order valence-corrected chi connectivity index (χ1v) is 10.4. The van der Waals surface area contributed by atoms with Crippen LogP contribution in [0.25, 0.3) is 5.69 Å². The molecule has 1 N–H and O–H groups in total. The van der Waals surface area contributed by atoms with Gasteiger partial charge in [-0.05, 0) is 60.0 Å². The van der Waals surface area contributed by atoms with Crippen molar-refractivity contribution in [2.75, 3.05) is 5.32 Å². The molecule has 0 radical (unpaired) electrons. The molecule has 1 unspecified atom stereocenters. The standard InChI is InChI=1S/C26H21F2N3O/c1-17-7-2-4-9-22(17)29-26(32)31-16-18-8-3-5-10-23(18)30-12-6-11-24(30)25(31)19-13-20(27)15-21(28)14-19/h2-15,25H,16H2,1H3,(H,29,32). The minimum absolute atomic E-state index is 0.276. The summed E-state index contributed by atoms with van der Waals surface area (Å²) >= 11 is 0. The van der Waals surface area contributed by atoms with Gasteiger partial charge in [0.15, 0.2) is 0 Å². The molecule has 3 aromatic carbocycles. The normalized spacial score (nSPS) is 15.0. The van der Waals surface area contributed by atoms with Crippen LogP contribution < -0.4 is 5.32 Å². The van der Waals surface area contributed by atoms with Crippen molar-refractivity contribution in [2.24, 2.45) is 0 Å². The molecule has 160 valence electrons. The minimum Gasteiger partial charge on any atom is -0.318 e. The van der Waals surface area contributed by atoms with Crippen molar-refractivity contribution >= 4 is 11.7 Å². The predicted octanol–water partition coefficient (Wildman–Crippen LogP) is 6.20. The summed E-state index contributed by atoms with van der Waals surface area (Å²) in [5.74, 6) is -1.36. The van der Waals surface area contributed by atoms with E-state index >= 15 is 0 Å². The highest BCUT2D eigenvalue weighted by Gasteiger charge is 2.33. The molecular weight excluding hydrogens is 408 g/mol. The summed E-state index contributed by atoms with van der Waals surface area (Å²) in [5.41, 5.74) is 4.60. The number of aromatic nitrogens is 1. The molecule has 32 heavy (non-hydrogen) atoms. The topological polar surface area (TPSA) is 37.3 Å². The Morgan fingerprint density at radius 2 is 1.66 bits per heavy atom. The molecule has 1 atom stereocenters. The highest BCUT2D eigenvalue weighted by atomic mass is 19.1. The van der Waals surface area contributed by atoms with Crippen LogP contribution in [0.15, 0.2) is 85.1 Å². The second-order valence-electron chi connectivity index (χ2n) is 7.91. The van der Waals surface area contributed by atoms with Crippen LogP contribution in [0, 0.1) is 18.6 Å². The van der Waals surface area contributed by atoms with Crippen molar-refractivity contribution in [1.29, 1.82) is 0 Å². The van der Waals surface area contributed by atoms with E-state index in [0.717, 1.165) is 28.6 Å². The molecule has 0 saturated heterocycles. The Labute approximate surface area is 184 Å². The molecule has 5 rings (SSSR count). The van der Waals surface area contributed by atoms with Crippen LogP contribution in [-0.2, 0) is 6.54 Å². The Balaban J connectivity index is 1.67. The zero-order valence-corrected chi connectivity index (χ0v) is 17.4. The van der Waals surface area contributed by atoms with E-state index in [-0.39, 0.29) is 12.6 Å². The van der Waals surface area contributed by atoms with Crippen molar-refractivity contribution < 1.29 is 13.6 Å². The van der Waals surface area contributed by atoms with Gasteiger partial charge in [0.2, 0.25) is 0 Å². The Morgan fingerprint density at radius 1 is 0.938 bits per heavy atom. The molecule has 6 heteroatoms. The maximum absolute atomic E-state index is 14.2. The van der Waals surface area contributed by atoms with E-state index in [2.05, 4.69) is 5.32 Å². The van der Waals surface area contributed by atoms with Gasteiger partial charge in [-0.2, -0.15) is 0 Å². The summed E-state index contributed by atoms with van der Waals surface area (Å²) in [5, 5.41) is 2.98. The molecule has 1 aliphatic rings. The van der Waals surface area contributed by atoms with Crippen molar-refractivity contribution in [1.82, 2.24) is 9.47 Å². The third kappa shape index (κ3) is 3.54. The zero-order valence-electron chi connectivity index (χ0n) is 17.4. The van der Waals surface area contributed by atoms with E-state index in [1.165, 1.54) is 12.1 Å². The second kappa shape index (κ2) is 7.96. The molecule has 4 aromatic rings. The summed E-state index contributed by atoms with van der Waals surface area (Å²) in [6.45, 7) is 2.19. The minimum atomic E-state index is -0.688. The van der Waals surface area contributed by atoms with Crippen molar-refractivity contribution in [3.05, 3.63) is 119 Å². The van der Waals surface area contributed by atoms with Crippen LogP contribution in [0.1, 0.15) is 28.4 Å². The van der Waals surface area contributed by atoms with Gasteiger partial charge in [0.25, 0.3) is 0 Å². The molecule has 4 nitrogen and oxygen atoms in total. The molecule has 0 saturated carbocycles. The third-order valence-corrected chi connectivity index (χ3v) is 5.81. The van der Waals surface area contributed by atoms with E-state index in [1.807, 2.05) is 78.4 Å². The third-order valence-electron chi connectivity index (χ3n) is 5.81. The number of urea groups is 1. The maximum Gasteiger partial charge on any atom is 0.322 e. The lowest BCUT2D eigenvalue weighted by atomic mass is 10.0. The second-order valence-corrected chi connectivity index (χ2v) is 7.91. The molecular formula is C26H21F2N3O. The monoisotopic (exact) mass is 429 g/mol. The number of carbonyl (C=O) groups is 1. The number of nitrogens with one attached hydrogen (secondary N) is 1. The highest BCUT2D eigenvalue weighted by molar-refractivity contribution is 5.91. The number of hydrogen-bond acceptors (Lipinski definition) is 1. The summed E-state index contributed by atoms with van der Waals surface area (Å²) in [6, 6.07) is 21.4. The summed E-state index contributed by atoms with van der Waals surface area (Å²) in [4.78, 5) is 15.2. The first-order chi connectivity index (χ1) is 15.5. The van der Waals surface area contributed by atoms with Gasteiger partial charge in [0.05, 0.1) is 18.3 Å². The van der Waals surface area contributed by atoms with Crippen molar-refractivity contribution in [2.45, 2.75) is 19.5 Å². The van der Waals surface area contributed by atoms with Crippen LogP contribution in [0.3, 0.4) is 0 Å². The van der Waals surface area contributed by atoms with Crippen LogP contribution in [0.5, 0.6) is 0 Å². The smallest absolute Gasteiger partial charge is 0.318 e. The Hall–Kier alpha value is -3.93. The number of fused-ring (bicyclic) bond motifs is 3. The van der Waals surface area contributed by atoms with Crippen LogP contribution in [-0.4, -0.2) is 15.5 Å². The molecule has 0 aliphatic carbocycles. The first-order valence-electron chi connectivity index (χ1n) is 10.4. The van der Waals surface area contributed by atoms with Gasteiger partial charge in [0, 0.05) is 23.6 Å². The number of aryl methyl sites for hydroxylation is 1. The van der Waals surface area contributed by atoms with E-state index in [4.69, 9.17) is 0 Å². The van der Waals surface area contributed by atoms with Crippen LogP contribution in [0.4, 0.5) is 19.3 Å². The summed E-state index contributed by atoms with van der Waals surface area (Å²) in [6.07, 6.45) is 1.90. The molecule has 2 amide bonds. The number of hydrogen-bond donors (Lipinski definition) is 1. The fraction of sp³-hybridized carbons (Fsp3) is 0.115. The number of benzene rings is 3. The quantitative estimate of drug-likeness (QED) is 0.405. The number of anilines is 1. The molecule has 1 aliphatic heterocycles. The summed E-state index contributed by atoms with van der Waals surface area (Å²) in [7, 11) is 0. The lowest BCUT2D eigenvalue weighted by Crippen LogP contribution is -2.38. The number of rotatable bonds is 2. The van der Waals surface area contributed by atoms with Gasteiger partial charge < -0.3 is 14.8 Å². The Kier molecular flexibility index (Phi) is 4.98. The number of amides is 2. The van der Waals surface area contributed by atoms with Gasteiger partial charge in [-0.25, -0.2) is 13.6 Å². The fourth-order valence-corrected chi connectivity index (χ4v) is 4.32. The number of halogens is 2. The lowest BCUT2D eigenvalue weighted by Gasteiger charge is -2.31. The van der Waals surface area contributed by atoms with Crippen molar-refractivity contribution in [3.63, 3.8) is 0 Å². The average molecular weight is 429 g/mol. The van der Waals surface area contributed by atoms with E-state index < -0.39 is 17.7 Å². The first kappa shape index (κ1) is 20.0. The predicted molar refractivity (Wildman–Crippen MR) is 120 cm³/mol. The van der Waals surface area contributed by atoms with Crippen molar-refractivity contribution in [3.8, 4) is 5.69 Å². The number of carbonyl (C=O) groups excluding carboxylic acids is 1. The summed E-state index contributed by atoms with van der Waals surface area (Å²) < 4.78 is 30.4. The zero-order chi connectivity index (χ0) is 22.2. The van der Waals surface area contributed by atoms with Crippen LogP contribution >= 0.6 is 0 Å². The molecule has 0 spiro atoms. The molecule has 0 fully saturated rings. The highest BCUT2D eigenvalue weighted by Crippen LogP contribution is 2.37. The molecule has 1 aromatic heterocycles. The van der Waals surface area contributed by atoms with Gasteiger partial charge in [0.1, 0.15) is 11.6 Å². The fourth-order valence-electron chi connectivity index (χ4n) is 4.32.